The van der Waals surface area contributed by atoms with Crippen LogP contribution in [-0.4, -0.2) is 41.9 Å². The molecule has 1 unspecified atom stereocenters. The maximum atomic E-state index is 10.0. The van der Waals surface area contributed by atoms with Crippen LogP contribution in [-0.2, 0) is 0 Å². The Morgan fingerprint density at radius 3 is 2.57 bits per heavy atom. The Balaban J connectivity index is 1.65. The minimum Gasteiger partial charge on any atom is -0.491 e. The van der Waals surface area contributed by atoms with Crippen molar-refractivity contribution in [1.82, 2.24) is 5.32 Å². The topological polar surface area (TPSA) is 41.5 Å². The Kier molecular flexibility index (Phi) is 6.40. The molecule has 0 spiro atoms. The number of thioether (sulfide) groups is 1. The Labute approximate surface area is 132 Å². The molecule has 1 aliphatic carbocycles. The predicted molar refractivity (Wildman–Crippen MR) is 90.3 cm³/mol. The van der Waals surface area contributed by atoms with E-state index in [2.05, 4.69) is 11.6 Å². The summed E-state index contributed by atoms with van der Waals surface area (Å²) in [7, 11) is 0. The molecule has 1 aromatic carbocycles. The fraction of sp³-hybridized carbons (Fsp3) is 0.647. The number of aryl methyl sites for hydroxylation is 1. The maximum absolute atomic E-state index is 10.0. The van der Waals surface area contributed by atoms with Gasteiger partial charge in [-0.15, -0.1) is 0 Å². The van der Waals surface area contributed by atoms with Crippen LogP contribution in [0.3, 0.4) is 0 Å². The summed E-state index contributed by atoms with van der Waals surface area (Å²) in [6.45, 7) is 3.96. The minimum absolute atomic E-state index is 0.336. The quantitative estimate of drug-likeness (QED) is 0.774. The van der Waals surface area contributed by atoms with E-state index >= 15 is 0 Å². The van der Waals surface area contributed by atoms with Crippen molar-refractivity contribution in [3.05, 3.63) is 29.8 Å². The van der Waals surface area contributed by atoms with Gasteiger partial charge in [0.25, 0.3) is 0 Å². The van der Waals surface area contributed by atoms with Crippen molar-refractivity contribution in [3.8, 4) is 5.75 Å². The normalized spacial score (nSPS) is 18.6. The third-order valence-electron chi connectivity index (χ3n) is 4.24. The van der Waals surface area contributed by atoms with Crippen molar-refractivity contribution in [1.29, 1.82) is 0 Å². The van der Waals surface area contributed by atoms with Crippen molar-refractivity contribution in [2.24, 2.45) is 0 Å². The summed E-state index contributed by atoms with van der Waals surface area (Å²) in [4.78, 5) is 0. The summed E-state index contributed by atoms with van der Waals surface area (Å²) in [5, 5.41) is 13.4. The van der Waals surface area contributed by atoms with Crippen molar-refractivity contribution < 1.29 is 9.84 Å². The van der Waals surface area contributed by atoms with E-state index in [4.69, 9.17) is 4.74 Å². The highest BCUT2D eigenvalue weighted by molar-refractivity contribution is 8.00. The number of aliphatic hydroxyl groups excluding tert-OH is 1. The molecule has 1 fully saturated rings. The van der Waals surface area contributed by atoms with Crippen LogP contribution in [0.2, 0.25) is 0 Å². The number of rotatable bonds is 8. The summed E-state index contributed by atoms with van der Waals surface area (Å²) >= 11 is 1.97. The number of hydrogen-bond acceptors (Lipinski definition) is 4. The smallest absolute Gasteiger partial charge is 0.119 e. The maximum Gasteiger partial charge on any atom is 0.119 e. The molecule has 3 nitrogen and oxygen atoms in total. The molecule has 0 bridgehead atoms. The molecule has 1 saturated carbocycles. The van der Waals surface area contributed by atoms with Gasteiger partial charge >= 0.3 is 0 Å². The summed E-state index contributed by atoms with van der Waals surface area (Å²) in [5.41, 5.74) is 1.21. The molecule has 1 aliphatic rings. The summed E-state index contributed by atoms with van der Waals surface area (Å²) in [6, 6.07) is 7.91. The largest absolute Gasteiger partial charge is 0.491 e. The second-order valence-electron chi connectivity index (χ2n) is 6.00. The lowest BCUT2D eigenvalue weighted by Gasteiger charge is -2.27. The highest BCUT2D eigenvalue weighted by atomic mass is 32.2. The molecule has 0 aliphatic heterocycles. The van der Waals surface area contributed by atoms with Crippen LogP contribution in [0.25, 0.3) is 0 Å². The molecule has 118 valence electrons. The Hall–Kier alpha value is -0.710. The number of nitrogens with one attached hydrogen (secondary N) is 1. The first-order valence-corrected chi connectivity index (χ1v) is 8.99. The monoisotopic (exact) mass is 309 g/mol. The van der Waals surface area contributed by atoms with E-state index in [1.807, 2.05) is 43.0 Å². The van der Waals surface area contributed by atoms with Gasteiger partial charge in [-0.2, -0.15) is 11.8 Å². The van der Waals surface area contributed by atoms with Gasteiger partial charge in [0.15, 0.2) is 0 Å². The lowest BCUT2D eigenvalue weighted by Crippen LogP contribution is -2.40. The average Bonchev–Trinajstić information content (AvgIpc) is 2.96. The fourth-order valence-electron chi connectivity index (χ4n) is 2.82. The first-order chi connectivity index (χ1) is 10.1. The molecule has 0 heterocycles. The molecule has 1 atom stereocenters. The standard InChI is InChI=1S/C17H27NO2S/c1-14-5-7-16(8-6-14)20-12-15(19)11-18-13-17(21-2)9-3-4-10-17/h5-8,15,18-19H,3-4,9-13H2,1-2H3. The van der Waals surface area contributed by atoms with Gasteiger partial charge in [-0.25, -0.2) is 0 Å². The lowest BCUT2D eigenvalue weighted by molar-refractivity contribution is 0.106. The summed E-state index contributed by atoms with van der Waals surface area (Å²) in [6.07, 6.45) is 6.98. The van der Waals surface area contributed by atoms with Crippen LogP contribution in [0, 0.1) is 6.92 Å². The van der Waals surface area contributed by atoms with Gasteiger partial charge in [-0.3, -0.25) is 0 Å². The molecule has 4 heteroatoms. The molecular formula is C17H27NO2S. The zero-order valence-electron chi connectivity index (χ0n) is 13.1. The second-order valence-corrected chi connectivity index (χ2v) is 7.28. The van der Waals surface area contributed by atoms with Crippen LogP contribution < -0.4 is 10.1 Å². The van der Waals surface area contributed by atoms with Crippen LogP contribution in [0.15, 0.2) is 24.3 Å². The van der Waals surface area contributed by atoms with Gasteiger partial charge in [0, 0.05) is 17.8 Å². The van der Waals surface area contributed by atoms with Crippen LogP contribution in [0.1, 0.15) is 31.2 Å². The molecule has 2 rings (SSSR count). The van der Waals surface area contributed by atoms with Gasteiger partial charge < -0.3 is 15.2 Å². The number of hydrogen-bond donors (Lipinski definition) is 2. The summed E-state index contributed by atoms with van der Waals surface area (Å²) < 4.78 is 5.99. The summed E-state index contributed by atoms with van der Waals surface area (Å²) in [5.74, 6) is 0.816. The van der Waals surface area contributed by atoms with Gasteiger partial charge in [0.2, 0.25) is 0 Å². The van der Waals surface area contributed by atoms with Gasteiger partial charge in [0.1, 0.15) is 18.5 Å². The Morgan fingerprint density at radius 1 is 1.29 bits per heavy atom. The van der Waals surface area contributed by atoms with Crippen molar-refractivity contribution in [2.45, 2.75) is 43.5 Å². The van der Waals surface area contributed by atoms with E-state index in [0.29, 0.717) is 17.9 Å². The zero-order chi connectivity index (χ0) is 15.1. The number of ether oxygens (including phenoxy) is 1. The first kappa shape index (κ1) is 16.7. The highest BCUT2D eigenvalue weighted by Crippen LogP contribution is 2.39. The van der Waals surface area contributed by atoms with Gasteiger partial charge in [-0.1, -0.05) is 30.5 Å². The fourth-order valence-corrected chi connectivity index (χ4v) is 3.77. The molecule has 0 amide bonds. The SMILES string of the molecule is CSC1(CNCC(O)COc2ccc(C)cc2)CCCC1. The van der Waals surface area contributed by atoms with Crippen molar-refractivity contribution in [2.75, 3.05) is 26.0 Å². The molecular weight excluding hydrogens is 282 g/mol. The van der Waals surface area contributed by atoms with Crippen LogP contribution in [0.4, 0.5) is 0 Å². The van der Waals surface area contributed by atoms with E-state index in [-0.39, 0.29) is 0 Å². The van der Waals surface area contributed by atoms with E-state index in [1.165, 1.54) is 31.2 Å². The van der Waals surface area contributed by atoms with Crippen LogP contribution >= 0.6 is 11.8 Å². The first-order valence-electron chi connectivity index (χ1n) is 7.77. The van der Waals surface area contributed by atoms with E-state index in [1.54, 1.807) is 0 Å². The molecule has 0 aromatic heterocycles. The lowest BCUT2D eigenvalue weighted by atomic mass is 10.1. The molecule has 1 aromatic rings. The predicted octanol–water partition coefficient (Wildman–Crippen LogP) is 3.00. The minimum atomic E-state index is -0.466. The van der Waals surface area contributed by atoms with Gasteiger partial charge in [-0.05, 0) is 38.2 Å². The third-order valence-corrected chi connectivity index (χ3v) is 5.66. The average molecular weight is 309 g/mol. The molecule has 21 heavy (non-hydrogen) atoms. The number of benzene rings is 1. The zero-order valence-corrected chi connectivity index (χ0v) is 13.9. The highest BCUT2D eigenvalue weighted by Gasteiger charge is 2.32. The Bertz CT molecular complexity index is 415. The van der Waals surface area contributed by atoms with Crippen molar-refractivity contribution in [3.63, 3.8) is 0 Å². The molecule has 0 saturated heterocycles. The van der Waals surface area contributed by atoms with E-state index in [0.717, 1.165) is 12.3 Å². The van der Waals surface area contributed by atoms with E-state index < -0.39 is 6.10 Å². The van der Waals surface area contributed by atoms with Gasteiger partial charge in [0.05, 0.1) is 0 Å². The Morgan fingerprint density at radius 2 is 1.95 bits per heavy atom. The molecule has 2 N–H and O–H groups in total. The third kappa shape index (κ3) is 5.20. The number of aliphatic hydroxyl groups is 1. The molecule has 0 radical (unpaired) electrons. The second kappa shape index (κ2) is 8.06. The van der Waals surface area contributed by atoms with E-state index in [9.17, 15) is 5.11 Å². The van der Waals surface area contributed by atoms with Crippen LogP contribution in [0.5, 0.6) is 5.75 Å². The van der Waals surface area contributed by atoms with Crippen molar-refractivity contribution >= 4 is 11.8 Å².